The van der Waals surface area contributed by atoms with Crippen LogP contribution >= 0.6 is 0 Å². The van der Waals surface area contributed by atoms with E-state index in [1.165, 1.54) is 0 Å². The summed E-state index contributed by atoms with van der Waals surface area (Å²) in [5.41, 5.74) is 4.09. The molecule has 4 aromatic rings. The van der Waals surface area contributed by atoms with Crippen molar-refractivity contribution < 1.29 is 0 Å². The van der Waals surface area contributed by atoms with Crippen LogP contribution in [-0.2, 0) is 13.1 Å². The molecule has 32 heavy (non-hydrogen) atoms. The largest absolute Gasteiger partial charge is 0.346 e. The molecule has 0 aliphatic rings. The molecule has 0 saturated heterocycles. The van der Waals surface area contributed by atoms with Crippen molar-refractivity contribution in [3.63, 3.8) is 0 Å². The molecule has 4 rings (SSSR count). The van der Waals surface area contributed by atoms with E-state index in [4.69, 9.17) is 0 Å². The van der Waals surface area contributed by atoms with Crippen molar-refractivity contribution in [2.45, 2.75) is 59.0 Å². The fourth-order valence-corrected chi connectivity index (χ4v) is 3.79. The smallest absolute Gasteiger partial charge is 0.274 e. The van der Waals surface area contributed by atoms with E-state index in [0.717, 1.165) is 47.3 Å². The summed E-state index contributed by atoms with van der Waals surface area (Å²) in [4.78, 5) is 13.0. The highest BCUT2D eigenvalue weighted by molar-refractivity contribution is 5.80. The van der Waals surface area contributed by atoms with Gasteiger partial charge in [0.2, 0.25) is 0 Å². The van der Waals surface area contributed by atoms with Crippen LogP contribution in [0.4, 0.5) is 0 Å². The third-order valence-electron chi connectivity index (χ3n) is 5.86. The Morgan fingerprint density at radius 3 is 2.44 bits per heavy atom. The van der Waals surface area contributed by atoms with E-state index in [9.17, 15) is 4.79 Å². The number of H-pyrrole nitrogens is 1. The number of aromatic nitrogens is 7. The minimum atomic E-state index is -0.0269. The van der Waals surface area contributed by atoms with E-state index in [-0.39, 0.29) is 11.6 Å². The average Bonchev–Trinajstić information content (AvgIpc) is 3.47. The van der Waals surface area contributed by atoms with Crippen LogP contribution in [0.5, 0.6) is 0 Å². The van der Waals surface area contributed by atoms with E-state index in [1.54, 1.807) is 4.68 Å². The Morgan fingerprint density at radius 1 is 1.03 bits per heavy atom. The van der Waals surface area contributed by atoms with E-state index in [0.29, 0.717) is 18.9 Å². The van der Waals surface area contributed by atoms with Crippen molar-refractivity contribution in [2.75, 3.05) is 0 Å². The monoisotopic (exact) mass is 431 g/mol. The molecule has 1 N–H and O–H groups in total. The van der Waals surface area contributed by atoms with Crippen molar-refractivity contribution in [2.24, 2.45) is 0 Å². The molecule has 2 heterocycles. The molecule has 166 valence electrons. The van der Waals surface area contributed by atoms with Gasteiger partial charge in [-0.05, 0) is 40.0 Å². The first-order valence-corrected chi connectivity index (χ1v) is 11.2. The van der Waals surface area contributed by atoms with Crippen molar-refractivity contribution in [3.8, 4) is 22.5 Å². The first-order valence-electron chi connectivity index (χ1n) is 11.2. The van der Waals surface area contributed by atoms with Crippen LogP contribution in [0.2, 0.25) is 0 Å². The Balaban J connectivity index is 1.63. The molecule has 0 spiro atoms. The molecule has 2 aromatic heterocycles. The standard InChI is InChI=1S/C24H29N7O/c1-4-6-15-31-24(32)30(23(27-31)17(3)5-2)16-18-11-13-19(14-12-18)20-9-7-8-10-21(20)22-25-28-29-26-22/h7-14,17H,4-6,15-16H2,1-3H3,(H,25,26,28,29). The summed E-state index contributed by atoms with van der Waals surface area (Å²) >= 11 is 0. The number of tetrazole rings is 1. The van der Waals surface area contributed by atoms with Crippen molar-refractivity contribution >= 4 is 0 Å². The van der Waals surface area contributed by atoms with Gasteiger partial charge in [0.1, 0.15) is 5.82 Å². The number of aromatic amines is 1. The second kappa shape index (κ2) is 9.72. The molecule has 0 aliphatic heterocycles. The quantitative estimate of drug-likeness (QED) is 0.427. The maximum absolute atomic E-state index is 13.0. The van der Waals surface area contributed by atoms with E-state index >= 15 is 0 Å². The molecular weight excluding hydrogens is 402 g/mol. The Labute approximate surface area is 187 Å². The van der Waals surface area contributed by atoms with Crippen LogP contribution in [0.3, 0.4) is 0 Å². The third-order valence-corrected chi connectivity index (χ3v) is 5.86. The lowest BCUT2D eigenvalue weighted by Gasteiger charge is -2.11. The normalized spacial score (nSPS) is 12.2. The molecule has 0 aliphatic carbocycles. The zero-order valence-electron chi connectivity index (χ0n) is 18.8. The van der Waals surface area contributed by atoms with E-state index < -0.39 is 0 Å². The second-order valence-electron chi connectivity index (χ2n) is 8.11. The number of hydrogen-bond acceptors (Lipinski definition) is 5. The molecule has 1 atom stereocenters. The number of nitrogens with one attached hydrogen (secondary N) is 1. The average molecular weight is 432 g/mol. The van der Waals surface area contributed by atoms with Crippen molar-refractivity contribution in [1.29, 1.82) is 0 Å². The highest BCUT2D eigenvalue weighted by atomic mass is 16.2. The second-order valence-corrected chi connectivity index (χ2v) is 8.11. The molecule has 8 heteroatoms. The summed E-state index contributed by atoms with van der Waals surface area (Å²) in [6, 6.07) is 16.3. The van der Waals surface area contributed by atoms with Crippen molar-refractivity contribution in [3.05, 3.63) is 70.4 Å². The molecule has 0 saturated carbocycles. The van der Waals surface area contributed by atoms with E-state index in [2.05, 4.69) is 76.8 Å². The Hall–Kier alpha value is -3.55. The van der Waals surface area contributed by atoms with Crippen molar-refractivity contribution in [1.82, 2.24) is 35.0 Å². The van der Waals surface area contributed by atoms with Crippen LogP contribution in [0.15, 0.2) is 53.3 Å². The van der Waals surface area contributed by atoms with Gasteiger partial charge in [0, 0.05) is 18.0 Å². The molecule has 0 radical (unpaired) electrons. The summed E-state index contributed by atoms with van der Waals surface area (Å²) in [7, 11) is 0. The Kier molecular flexibility index (Phi) is 6.58. The topological polar surface area (TPSA) is 94.3 Å². The van der Waals surface area contributed by atoms with Crippen LogP contribution in [0, 0.1) is 0 Å². The lowest BCUT2D eigenvalue weighted by Crippen LogP contribution is -2.26. The lowest BCUT2D eigenvalue weighted by molar-refractivity contribution is 0.541. The van der Waals surface area contributed by atoms with E-state index in [1.807, 2.05) is 22.8 Å². The molecular formula is C24H29N7O. The summed E-state index contributed by atoms with van der Waals surface area (Å²) < 4.78 is 3.45. The molecule has 2 aromatic carbocycles. The fourth-order valence-electron chi connectivity index (χ4n) is 3.79. The molecule has 0 bridgehead atoms. The number of aryl methyl sites for hydroxylation is 1. The van der Waals surface area contributed by atoms with Gasteiger partial charge < -0.3 is 0 Å². The van der Waals surface area contributed by atoms with Gasteiger partial charge in [-0.15, -0.1) is 5.10 Å². The number of rotatable bonds is 9. The fraction of sp³-hybridized carbons (Fsp3) is 0.375. The van der Waals surface area contributed by atoms with Crippen LogP contribution in [0.1, 0.15) is 57.3 Å². The maximum Gasteiger partial charge on any atom is 0.346 e. The molecule has 0 fully saturated rings. The zero-order chi connectivity index (χ0) is 22.5. The number of unbranched alkanes of at least 4 members (excludes halogenated alkanes) is 1. The third kappa shape index (κ3) is 4.39. The lowest BCUT2D eigenvalue weighted by atomic mass is 9.98. The Bertz CT molecular complexity index is 1210. The maximum atomic E-state index is 13.0. The van der Waals surface area contributed by atoms with Gasteiger partial charge in [0.15, 0.2) is 5.82 Å². The predicted octanol–water partition coefficient (Wildman–Crippen LogP) is 4.25. The SMILES string of the molecule is CCCCn1nc(C(C)CC)n(Cc2ccc(-c3ccccc3-c3nnn[nH]3)cc2)c1=O. The minimum Gasteiger partial charge on any atom is -0.274 e. The van der Waals surface area contributed by atoms with Gasteiger partial charge in [0.25, 0.3) is 0 Å². The summed E-state index contributed by atoms with van der Waals surface area (Å²) in [5.74, 6) is 1.72. The summed E-state index contributed by atoms with van der Waals surface area (Å²) in [6.45, 7) is 7.55. The summed E-state index contributed by atoms with van der Waals surface area (Å²) in [5, 5.41) is 18.9. The van der Waals surface area contributed by atoms with Crippen LogP contribution < -0.4 is 5.69 Å². The highest BCUT2D eigenvalue weighted by Crippen LogP contribution is 2.29. The van der Waals surface area contributed by atoms with Gasteiger partial charge >= 0.3 is 5.69 Å². The number of hydrogen-bond donors (Lipinski definition) is 1. The first kappa shape index (κ1) is 21.7. The van der Waals surface area contributed by atoms with Gasteiger partial charge in [-0.2, -0.15) is 5.10 Å². The summed E-state index contributed by atoms with van der Waals surface area (Å²) in [6.07, 6.45) is 2.92. The molecule has 0 amide bonds. The minimum absolute atomic E-state index is 0.0269. The Morgan fingerprint density at radius 2 is 1.78 bits per heavy atom. The van der Waals surface area contributed by atoms with Crippen LogP contribution in [0.25, 0.3) is 22.5 Å². The van der Waals surface area contributed by atoms with Gasteiger partial charge in [-0.1, -0.05) is 75.7 Å². The molecule has 1 unspecified atom stereocenters. The van der Waals surface area contributed by atoms with Gasteiger partial charge in [-0.3, -0.25) is 4.57 Å². The predicted molar refractivity (Wildman–Crippen MR) is 124 cm³/mol. The van der Waals surface area contributed by atoms with Crippen LogP contribution in [-0.4, -0.2) is 35.0 Å². The van der Waals surface area contributed by atoms with Gasteiger partial charge in [0.05, 0.1) is 6.54 Å². The zero-order valence-corrected chi connectivity index (χ0v) is 18.8. The first-order chi connectivity index (χ1) is 15.6. The number of nitrogens with zero attached hydrogens (tertiary/aromatic N) is 6. The molecule has 8 nitrogen and oxygen atoms in total. The number of benzene rings is 2. The highest BCUT2D eigenvalue weighted by Gasteiger charge is 2.18. The van der Waals surface area contributed by atoms with Gasteiger partial charge in [-0.25, -0.2) is 14.6 Å².